The van der Waals surface area contributed by atoms with Crippen LogP contribution in [0.1, 0.15) is 31.2 Å². The fourth-order valence-electron chi connectivity index (χ4n) is 2.02. The third-order valence-electron chi connectivity index (χ3n) is 3.04. The zero-order chi connectivity index (χ0) is 12.8. The topological polar surface area (TPSA) is 45.2 Å². The largest absolute Gasteiger partial charge is 0.325 e. The Morgan fingerprint density at radius 1 is 1.28 bits per heavy atom. The average molecular weight is 263 g/mol. The maximum Gasteiger partial charge on any atom is 0.322 e. The maximum atomic E-state index is 12.0. The first-order chi connectivity index (χ1) is 8.77. The van der Waals surface area contributed by atoms with E-state index < -0.39 is 0 Å². The van der Waals surface area contributed by atoms with Crippen LogP contribution < -0.4 is 5.32 Å². The number of thiocarbonyl (C=S) groups is 1. The highest BCUT2D eigenvalue weighted by Crippen LogP contribution is 2.09. The van der Waals surface area contributed by atoms with Crippen LogP contribution in [0.2, 0.25) is 0 Å². The van der Waals surface area contributed by atoms with Gasteiger partial charge in [0.15, 0.2) is 0 Å². The number of pyridine rings is 1. The number of carbonyl (C=O) groups is 1. The molecule has 2 heterocycles. The quantitative estimate of drug-likeness (QED) is 0.791. The van der Waals surface area contributed by atoms with Gasteiger partial charge in [0.05, 0.1) is 0 Å². The number of urea groups is 1. The van der Waals surface area contributed by atoms with E-state index in [-0.39, 0.29) is 6.03 Å². The van der Waals surface area contributed by atoms with Crippen molar-refractivity contribution in [3.05, 3.63) is 30.1 Å². The van der Waals surface area contributed by atoms with Crippen LogP contribution in [-0.4, -0.2) is 34.0 Å². The van der Waals surface area contributed by atoms with E-state index in [2.05, 4.69) is 10.3 Å². The third-order valence-corrected chi connectivity index (χ3v) is 3.38. The molecule has 1 aromatic rings. The Morgan fingerprint density at radius 3 is 2.61 bits per heavy atom. The minimum Gasteiger partial charge on any atom is -0.325 e. The normalized spacial score (nSPS) is 15.9. The lowest BCUT2D eigenvalue weighted by molar-refractivity contribution is 0.205. The third kappa shape index (κ3) is 3.50. The van der Waals surface area contributed by atoms with Crippen LogP contribution >= 0.6 is 12.2 Å². The molecule has 0 unspecified atom stereocenters. The number of hydrogen-bond acceptors (Lipinski definition) is 3. The number of likely N-dealkylation sites (tertiary alicyclic amines) is 1. The number of nitrogens with one attached hydrogen (secondary N) is 1. The molecular formula is C13H17N3OS. The summed E-state index contributed by atoms with van der Waals surface area (Å²) in [7, 11) is 0. The number of rotatable bonds is 1. The molecule has 0 bridgehead atoms. The van der Waals surface area contributed by atoms with Gasteiger partial charge in [0.2, 0.25) is 0 Å². The molecule has 0 saturated carbocycles. The van der Waals surface area contributed by atoms with Gasteiger partial charge in [0.1, 0.15) is 4.99 Å². The van der Waals surface area contributed by atoms with Gasteiger partial charge in [-0.3, -0.25) is 10.3 Å². The summed E-state index contributed by atoms with van der Waals surface area (Å²) in [4.78, 5) is 18.3. The smallest absolute Gasteiger partial charge is 0.322 e. The Labute approximate surface area is 112 Å². The number of aromatic nitrogens is 1. The summed E-state index contributed by atoms with van der Waals surface area (Å²) < 4.78 is 0. The lowest BCUT2D eigenvalue weighted by atomic mass is 10.2. The highest BCUT2D eigenvalue weighted by Gasteiger charge is 2.16. The van der Waals surface area contributed by atoms with Crippen molar-refractivity contribution in [3.63, 3.8) is 0 Å². The second kappa shape index (κ2) is 6.44. The summed E-state index contributed by atoms with van der Waals surface area (Å²) in [5, 5.41) is 2.77. The molecule has 5 heteroatoms. The monoisotopic (exact) mass is 263 g/mol. The first kappa shape index (κ1) is 13.0. The van der Waals surface area contributed by atoms with Crippen LogP contribution in [0.3, 0.4) is 0 Å². The summed E-state index contributed by atoms with van der Waals surface area (Å²) >= 11 is 5.20. The standard InChI is InChI=1S/C13H17N3OS/c17-13(16-8-3-1-2-4-9-16)15-12(18)11-6-5-7-14-10-11/h5-7,10H,1-4,8-9H2,(H,15,17,18). The van der Waals surface area contributed by atoms with Gasteiger partial charge >= 0.3 is 6.03 Å². The molecule has 1 aromatic heterocycles. The molecule has 1 aliphatic rings. The van der Waals surface area contributed by atoms with Crippen molar-refractivity contribution in [3.8, 4) is 0 Å². The Morgan fingerprint density at radius 2 is 2.00 bits per heavy atom. The molecule has 0 radical (unpaired) electrons. The summed E-state index contributed by atoms with van der Waals surface area (Å²) in [6.45, 7) is 1.64. The molecule has 2 amide bonds. The summed E-state index contributed by atoms with van der Waals surface area (Å²) in [6.07, 6.45) is 7.90. The van der Waals surface area contributed by atoms with Crippen molar-refractivity contribution in [2.75, 3.05) is 13.1 Å². The molecule has 1 saturated heterocycles. The van der Waals surface area contributed by atoms with Crippen molar-refractivity contribution >= 4 is 23.2 Å². The Bertz CT molecular complexity index is 414. The van der Waals surface area contributed by atoms with Gasteiger partial charge in [-0.25, -0.2) is 4.79 Å². The number of amides is 2. The van der Waals surface area contributed by atoms with E-state index in [1.54, 1.807) is 18.5 Å². The predicted octanol–water partition coefficient (Wildman–Crippen LogP) is 2.34. The van der Waals surface area contributed by atoms with Crippen LogP contribution in [0.15, 0.2) is 24.5 Å². The van der Waals surface area contributed by atoms with Gasteiger partial charge in [-0.05, 0) is 25.0 Å². The molecule has 2 rings (SSSR count). The Balaban J connectivity index is 1.92. The van der Waals surface area contributed by atoms with Crippen LogP contribution in [-0.2, 0) is 0 Å². The van der Waals surface area contributed by atoms with Crippen molar-refractivity contribution in [1.29, 1.82) is 0 Å². The molecule has 1 aliphatic heterocycles. The van der Waals surface area contributed by atoms with E-state index in [9.17, 15) is 4.79 Å². The second-order valence-electron chi connectivity index (χ2n) is 4.40. The van der Waals surface area contributed by atoms with Crippen molar-refractivity contribution in [1.82, 2.24) is 15.2 Å². The van der Waals surface area contributed by atoms with Crippen LogP contribution in [0, 0.1) is 0 Å². The fraction of sp³-hybridized carbons (Fsp3) is 0.462. The van der Waals surface area contributed by atoms with Crippen molar-refractivity contribution in [2.24, 2.45) is 0 Å². The van der Waals surface area contributed by atoms with E-state index in [0.29, 0.717) is 4.99 Å². The van der Waals surface area contributed by atoms with E-state index in [1.807, 2.05) is 11.0 Å². The maximum absolute atomic E-state index is 12.0. The minimum atomic E-state index is -0.0919. The van der Waals surface area contributed by atoms with Crippen LogP contribution in [0.5, 0.6) is 0 Å². The van der Waals surface area contributed by atoms with E-state index in [4.69, 9.17) is 12.2 Å². The average Bonchev–Trinajstić information content (AvgIpc) is 2.68. The molecule has 1 fully saturated rings. The molecule has 0 aliphatic carbocycles. The van der Waals surface area contributed by atoms with Gasteiger partial charge in [0.25, 0.3) is 0 Å². The second-order valence-corrected chi connectivity index (χ2v) is 4.81. The van der Waals surface area contributed by atoms with E-state index in [1.165, 1.54) is 12.8 Å². The SMILES string of the molecule is O=C(NC(=S)c1cccnc1)N1CCCCCC1. The zero-order valence-electron chi connectivity index (χ0n) is 10.3. The zero-order valence-corrected chi connectivity index (χ0v) is 11.1. The highest BCUT2D eigenvalue weighted by atomic mass is 32.1. The minimum absolute atomic E-state index is 0.0919. The first-order valence-corrected chi connectivity index (χ1v) is 6.68. The van der Waals surface area contributed by atoms with Crippen molar-refractivity contribution in [2.45, 2.75) is 25.7 Å². The van der Waals surface area contributed by atoms with Gasteiger partial charge in [-0.15, -0.1) is 0 Å². The fourth-order valence-corrected chi connectivity index (χ4v) is 2.23. The summed E-state index contributed by atoms with van der Waals surface area (Å²) in [6, 6.07) is 3.56. The number of hydrogen-bond donors (Lipinski definition) is 1. The lowest BCUT2D eigenvalue weighted by Crippen LogP contribution is -2.42. The lowest BCUT2D eigenvalue weighted by Gasteiger charge is -2.20. The molecule has 18 heavy (non-hydrogen) atoms. The van der Waals surface area contributed by atoms with Gasteiger partial charge < -0.3 is 4.90 Å². The summed E-state index contributed by atoms with van der Waals surface area (Å²) in [5.41, 5.74) is 0.774. The molecule has 0 aromatic carbocycles. The van der Waals surface area contributed by atoms with Gasteiger partial charge in [-0.1, -0.05) is 25.1 Å². The van der Waals surface area contributed by atoms with Gasteiger partial charge in [0, 0.05) is 31.0 Å². The summed E-state index contributed by atoms with van der Waals surface area (Å²) in [5.74, 6) is 0. The first-order valence-electron chi connectivity index (χ1n) is 6.27. The molecule has 0 atom stereocenters. The highest BCUT2D eigenvalue weighted by molar-refractivity contribution is 7.80. The molecular weight excluding hydrogens is 246 g/mol. The van der Waals surface area contributed by atoms with Crippen LogP contribution in [0.25, 0.3) is 0 Å². The number of carbonyl (C=O) groups excluding carboxylic acids is 1. The Hall–Kier alpha value is -1.49. The molecule has 0 spiro atoms. The van der Waals surface area contributed by atoms with Gasteiger partial charge in [-0.2, -0.15) is 0 Å². The molecule has 96 valence electrons. The number of nitrogens with zero attached hydrogens (tertiary/aromatic N) is 2. The Kier molecular flexibility index (Phi) is 4.64. The predicted molar refractivity (Wildman–Crippen MR) is 74.5 cm³/mol. The van der Waals surface area contributed by atoms with E-state index in [0.717, 1.165) is 31.5 Å². The molecule has 4 nitrogen and oxygen atoms in total. The molecule has 1 N–H and O–H groups in total. The van der Waals surface area contributed by atoms with Crippen molar-refractivity contribution < 1.29 is 4.79 Å². The van der Waals surface area contributed by atoms with E-state index >= 15 is 0 Å². The van der Waals surface area contributed by atoms with Crippen LogP contribution in [0.4, 0.5) is 4.79 Å².